The van der Waals surface area contributed by atoms with Gasteiger partial charge >= 0.3 is 11.7 Å². The highest BCUT2D eigenvalue weighted by Gasteiger charge is 2.16. The van der Waals surface area contributed by atoms with Gasteiger partial charge in [0.2, 0.25) is 0 Å². The third-order valence-electron chi connectivity index (χ3n) is 1.52. The Balaban J connectivity index is 3.09. The number of rotatable bonds is 4. The first kappa shape index (κ1) is 11.6. The van der Waals surface area contributed by atoms with Gasteiger partial charge < -0.3 is 9.84 Å². The quantitative estimate of drug-likeness (QED) is 0.450. The molecule has 1 heterocycles. The summed E-state index contributed by atoms with van der Waals surface area (Å²) in [4.78, 5) is 27.3. The SMILES string of the molecule is COc1nc(/C=C/C(=O)O)ncc1[N+](=O)[O-]. The summed E-state index contributed by atoms with van der Waals surface area (Å²) in [5.41, 5.74) is -0.380. The zero-order valence-electron chi connectivity index (χ0n) is 8.15. The van der Waals surface area contributed by atoms with Crippen LogP contribution in [0.4, 0.5) is 5.69 Å². The molecule has 0 saturated carbocycles. The van der Waals surface area contributed by atoms with Crippen LogP contribution in [0.15, 0.2) is 12.3 Å². The van der Waals surface area contributed by atoms with Crippen LogP contribution in [0.5, 0.6) is 5.88 Å². The van der Waals surface area contributed by atoms with Gasteiger partial charge in [0.1, 0.15) is 6.20 Å². The number of carboxylic acids is 1. The lowest BCUT2D eigenvalue weighted by atomic mass is 10.4. The standard InChI is InChI=1S/C8H7N3O5/c1-16-8-5(11(14)15)4-9-6(10-8)2-3-7(12)13/h2-4H,1H3,(H,12,13)/b3-2+. The summed E-state index contributed by atoms with van der Waals surface area (Å²) >= 11 is 0. The first-order chi connectivity index (χ1) is 7.54. The molecule has 8 nitrogen and oxygen atoms in total. The Bertz CT molecular complexity index is 457. The molecular weight excluding hydrogens is 218 g/mol. The smallest absolute Gasteiger partial charge is 0.349 e. The van der Waals surface area contributed by atoms with Crippen molar-refractivity contribution in [2.24, 2.45) is 0 Å². The molecule has 1 rings (SSSR count). The van der Waals surface area contributed by atoms with Crippen LogP contribution in [0.3, 0.4) is 0 Å². The number of nitrogens with zero attached hydrogens (tertiary/aromatic N) is 3. The predicted octanol–water partition coefficient (Wildman–Crippen LogP) is 0.491. The highest BCUT2D eigenvalue weighted by molar-refractivity contribution is 5.84. The molecule has 1 N–H and O–H groups in total. The molecule has 0 fully saturated rings. The van der Waals surface area contributed by atoms with Crippen molar-refractivity contribution < 1.29 is 19.6 Å². The van der Waals surface area contributed by atoms with Crippen molar-refractivity contribution in [2.75, 3.05) is 7.11 Å². The number of aliphatic carboxylic acids is 1. The largest absolute Gasteiger partial charge is 0.478 e. The Kier molecular flexibility index (Phi) is 3.49. The van der Waals surface area contributed by atoms with Crippen molar-refractivity contribution >= 4 is 17.7 Å². The maximum atomic E-state index is 10.5. The van der Waals surface area contributed by atoms with Crippen LogP contribution in [0.2, 0.25) is 0 Å². The molecule has 8 heteroatoms. The third-order valence-corrected chi connectivity index (χ3v) is 1.52. The highest BCUT2D eigenvalue weighted by Crippen LogP contribution is 2.22. The molecule has 0 spiro atoms. The molecule has 0 aliphatic carbocycles. The summed E-state index contributed by atoms with van der Waals surface area (Å²) in [7, 11) is 1.22. The van der Waals surface area contributed by atoms with Gasteiger partial charge in [0, 0.05) is 6.08 Å². The molecule has 0 aromatic carbocycles. The number of carboxylic acid groups (broad SMARTS) is 1. The van der Waals surface area contributed by atoms with Gasteiger partial charge in [-0.05, 0) is 6.08 Å². The van der Waals surface area contributed by atoms with E-state index in [0.717, 1.165) is 18.3 Å². The first-order valence-corrected chi connectivity index (χ1v) is 4.01. The number of hydrogen-bond donors (Lipinski definition) is 1. The topological polar surface area (TPSA) is 115 Å². The van der Waals surface area contributed by atoms with Gasteiger partial charge in [-0.3, -0.25) is 10.1 Å². The Morgan fingerprint density at radius 3 is 2.88 bits per heavy atom. The Morgan fingerprint density at radius 2 is 2.38 bits per heavy atom. The number of ether oxygens (including phenoxy) is 1. The second-order valence-electron chi connectivity index (χ2n) is 2.55. The fraction of sp³-hybridized carbons (Fsp3) is 0.125. The number of nitro groups is 1. The molecule has 84 valence electrons. The summed E-state index contributed by atoms with van der Waals surface area (Å²) in [6.45, 7) is 0. The van der Waals surface area contributed by atoms with Crippen molar-refractivity contribution in [1.82, 2.24) is 9.97 Å². The molecule has 0 unspecified atom stereocenters. The van der Waals surface area contributed by atoms with Crippen LogP contribution < -0.4 is 4.74 Å². The number of hydrogen-bond acceptors (Lipinski definition) is 6. The van der Waals surface area contributed by atoms with E-state index >= 15 is 0 Å². The van der Waals surface area contributed by atoms with Gasteiger partial charge in [-0.1, -0.05) is 0 Å². The Labute approximate surface area is 89.4 Å². The zero-order chi connectivity index (χ0) is 12.1. The van der Waals surface area contributed by atoms with E-state index in [1.54, 1.807) is 0 Å². The second-order valence-corrected chi connectivity index (χ2v) is 2.55. The number of aromatic nitrogens is 2. The predicted molar refractivity (Wildman–Crippen MR) is 51.9 cm³/mol. The zero-order valence-corrected chi connectivity index (χ0v) is 8.15. The van der Waals surface area contributed by atoms with E-state index in [2.05, 4.69) is 14.7 Å². The highest BCUT2D eigenvalue weighted by atomic mass is 16.6. The van der Waals surface area contributed by atoms with Crippen LogP contribution in [0.1, 0.15) is 5.82 Å². The van der Waals surface area contributed by atoms with Gasteiger partial charge in [0.15, 0.2) is 5.82 Å². The lowest BCUT2D eigenvalue weighted by molar-refractivity contribution is -0.386. The van der Waals surface area contributed by atoms with E-state index in [9.17, 15) is 14.9 Å². The molecule has 0 bridgehead atoms. The first-order valence-electron chi connectivity index (χ1n) is 4.01. The van der Waals surface area contributed by atoms with E-state index in [1.807, 2.05) is 0 Å². The van der Waals surface area contributed by atoms with E-state index < -0.39 is 10.9 Å². The minimum absolute atomic E-state index is 0.0184. The average Bonchev–Trinajstić information content (AvgIpc) is 2.25. The van der Waals surface area contributed by atoms with Crippen molar-refractivity contribution in [3.8, 4) is 5.88 Å². The minimum Gasteiger partial charge on any atom is -0.478 e. The van der Waals surface area contributed by atoms with Crippen LogP contribution in [0.25, 0.3) is 6.08 Å². The van der Waals surface area contributed by atoms with Crippen molar-refractivity contribution in [2.45, 2.75) is 0 Å². The third kappa shape index (κ3) is 2.74. The van der Waals surface area contributed by atoms with Gasteiger partial charge in [-0.2, -0.15) is 4.98 Å². The molecule has 0 atom stereocenters. The van der Waals surface area contributed by atoms with Gasteiger partial charge in [-0.25, -0.2) is 9.78 Å². The maximum absolute atomic E-state index is 10.5. The van der Waals surface area contributed by atoms with E-state index in [-0.39, 0.29) is 17.4 Å². The average molecular weight is 225 g/mol. The second kappa shape index (κ2) is 4.82. The van der Waals surface area contributed by atoms with Crippen LogP contribution in [0, 0.1) is 10.1 Å². The van der Waals surface area contributed by atoms with Gasteiger partial charge in [0.05, 0.1) is 12.0 Å². The summed E-state index contributed by atoms with van der Waals surface area (Å²) in [5, 5.41) is 18.9. The summed E-state index contributed by atoms with van der Waals surface area (Å²) in [5.74, 6) is -1.36. The Hall–Kier alpha value is -2.51. The molecule has 0 saturated heterocycles. The van der Waals surface area contributed by atoms with Gasteiger partial charge in [-0.15, -0.1) is 0 Å². The molecule has 16 heavy (non-hydrogen) atoms. The summed E-state index contributed by atoms with van der Waals surface area (Å²) in [6.07, 6.45) is 2.88. The fourth-order valence-corrected chi connectivity index (χ4v) is 0.874. The fourth-order valence-electron chi connectivity index (χ4n) is 0.874. The number of carbonyl (C=O) groups is 1. The molecule has 1 aromatic rings. The monoisotopic (exact) mass is 225 g/mol. The minimum atomic E-state index is -1.17. The lowest BCUT2D eigenvalue weighted by Crippen LogP contribution is -1.99. The van der Waals surface area contributed by atoms with Crippen LogP contribution in [-0.4, -0.2) is 33.1 Å². The van der Waals surface area contributed by atoms with Crippen molar-refractivity contribution in [3.05, 3.63) is 28.2 Å². The Morgan fingerprint density at radius 1 is 1.69 bits per heavy atom. The molecule has 0 amide bonds. The molecule has 0 aliphatic heterocycles. The van der Waals surface area contributed by atoms with E-state index in [1.165, 1.54) is 7.11 Å². The van der Waals surface area contributed by atoms with Crippen molar-refractivity contribution in [1.29, 1.82) is 0 Å². The van der Waals surface area contributed by atoms with E-state index in [0.29, 0.717) is 0 Å². The van der Waals surface area contributed by atoms with Crippen molar-refractivity contribution in [3.63, 3.8) is 0 Å². The molecule has 0 radical (unpaired) electrons. The molecule has 1 aromatic heterocycles. The van der Waals surface area contributed by atoms with Gasteiger partial charge in [0.25, 0.3) is 5.88 Å². The normalized spacial score (nSPS) is 10.3. The summed E-state index contributed by atoms with van der Waals surface area (Å²) < 4.78 is 4.68. The molecular formula is C8H7N3O5. The van der Waals surface area contributed by atoms with E-state index in [4.69, 9.17) is 5.11 Å². The number of methoxy groups -OCH3 is 1. The lowest BCUT2D eigenvalue weighted by Gasteiger charge is -1.99. The van der Waals surface area contributed by atoms with Crippen LogP contribution >= 0.6 is 0 Å². The van der Waals surface area contributed by atoms with Crippen LogP contribution in [-0.2, 0) is 4.79 Å². The molecule has 0 aliphatic rings. The maximum Gasteiger partial charge on any atom is 0.349 e. The summed E-state index contributed by atoms with van der Waals surface area (Å²) in [6, 6.07) is 0.